The summed E-state index contributed by atoms with van der Waals surface area (Å²) in [7, 11) is -0.454. The highest BCUT2D eigenvalue weighted by Crippen LogP contribution is 2.39. The van der Waals surface area contributed by atoms with E-state index >= 15 is 0 Å². The summed E-state index contributed by atoms with van der Waals surface area (Å²) < 4.78 is 21.7. The van der Waals surface area contributed by atoms with Crippen molar-refractivity contribution in [2.75, 3.05) is 0 Å². The van der Waals surface area contributed by atoms with Crippen LogP contribution in [0.2, 0.25) is 0 Å². The van der Waals surface area contributed by atoms with Crippen LogP contribution in [-0.2, 0) is 9.31 Å². The van der Waals surface area contributed by atoms with Crippen molar-refractivity contribution in [2.45, 2.75) is 38.9 Å². The quantitative estimate of drug-likeness (QED) is 0.221. The number of rotatable bonds is 2. The van der Waals surface area contributed by atoms with E-state index in [9.17, 15) is 0 Å². The summed E-state index contributed by atoms with van der Waals surface area (Å²) in [6.45, 7) is 8.34. The Bertz CT molecular complexity index is 2080. The molecule has 5 aromatic carbocycles. The van der Waals surface area contributed by atoms with Crippen LogP contribution in [-0.4, -0.2) is 22.9 Å². The van der Waals surface area contributed by atoms with Gasteiger partial charge in [0.15, 0.2) is 0 Å². The van der Waals surface area contributed by atoms with Gasteiger partial charge in [-0.2, -0.15) is 0 Å². The Hall–Kier alpha value is -4.06. The predicted octanol–water partition coefficient (Wildman–Crippen LogP) is 8.14. The number of benzene rings is 5. The van der Waals surface area contributed by atoms with Crippen LogP contribution in [0.1, 0.15) is 27.7 Å². The van der Waals surface area contributed by atoms with E-state index in [4.69, 9.17) is 13.7 Å². The van der Waals surface area contributed by atoms with Crippen LogP contribution in [0.3, 0.4) is 0 Å². The Kier molecular flexibility index (Phi) is 4.55. The van der Waals surface area contributed by atoms with Crippen LogP contribution < -0.4 is 5.46 Å². The molecule has 0 N–H and O–H groups in total. The Labute approximate surface area is 226 Å². The minimum Gasteiger partial charge on any atom is -0.456 e. The molecule has 1 aliphatic rings. The smallest absolute Gasteiger partial charge is 0.456 e. The topological polar surface area (TPSA) is 36.5 Å². The second kappa shape index (κ2) is 7.75. The number of hydrogen-bond donors (Lipinski definition) is 0. The molecule has 8 rings (SSSR count). The molecule has 0 spiro atoms. The molecule has 1 saturated heterocycles. The van der Waals surface area contributed by atoms with Crippen LogP contribution in [0.4, 0.5) is 0 Å². The molecule has 39 heavy (non-hydrogen) atoms. The summed E-state index contributed by atoms with van der Waals surface area (Å²) in [5.41, 5.74) is 5.29. The highest BCUT2D eigenvalue weighted by atomic mass is 16.7. The van der Waals surface area contributed by atoms with Gasteiger partial charge in [-0.15, -0.1) is 0 Å². The Morgan fingerprint density at radius 3 is 2.10 bits per heavy atom. The predicted molar refractivity (Wildman–Crippen MR) is 161 cm³/mol. The molecule has 3 heterocycles. The van der Waals surface area contributed by atoms with Crippen molar-refractivity contribution in [3.63, 3.8) is 0 Å². The third kappa shape index (κ3) is 3.21. The minimum absolute atomic E-state index is 0.409. The summed E-state index contributed by atoms with van der Waals surface area (Å²) in [4.78, 5) is 0. The standard InChI is InChI=1S/C34H28BNO3/c1-33(2)34(3,4)39-35(38-33)27-13-9-15-30-32(27)25-17-16-23(20-31(25)37-30)36-28-14-8-7-12-24(28)26-18-21-10-5-6-11-22(21)19-29(26)36/h5-20H,1-4H3. The lowest BCUT2D eigenvalue weighted by Crippen LogP contribution is -2.41. The van der Waals surface area contributed by atoms with E-state index in [0.29, 0.717) is 0 Å². The number of fused-ring (bicyclic) bond motifs is 7. The van der Waals surface area contributed by atoms with E-state index in [-0.39, 0.29) is 0 Å². The molecule has 1 fully saturated rings. The van der Waals surface area contributed by atoms with Crippen molar-refractivity contribution in [1.82, 2.24) is 4.57 Å². The third-order valence-corrected chi connectivity index (χ3v) is 8.82. The van der Waals surface area contributed by atoms with Crippen molar-refractivity contribution in [1.29, 1.82) is 0 Å². The molecule has 7 aromatic rings. The van der Waals surface area contributed by atoms with Crippen LogP contribution in [0.5, 0.6) is 0 Å². The maximum Gasteiger partial charge on any atom is 0.495 e. The van der Waals surface area contributed by atoms with E-state index in [2.05, 4.69) is 117 Å². The zero-order chi connectivity index (χ0) is 26.5. The molecular weight excluding hydrogens is 481 g/mol. The van der Waals surface area contributed by atoms with E-state index in [1.165, 1.54) is 32.6 Å². The van der Waals surface area contributed by atoms with Gasteiger partial charge in [-0.05, 0) is 80.3 Å². The minimum atomic E-state index is -0.454. The van der Waals surface area contributed by atoms with Crippen molar-refractivity contribution in [3.8, 4) is 5.69 Å². The lowest BCUT2D eigenvalue weighted by molar-refractivity contribution is 0.00578. The summed E-state index contributed by atoms with van der Waals surface area (Å²) >= 11 is 0. The Morgan fingerprint density at radius 1 is 0.590 bits per heavy atom. The van der Waals surface area contributed by atoms with Gasteiger partial charge in [-0.1, -0.05) is 54.6 Å². The first-order chi connectivity index (χ1) is 18.8. The Morgan fingerprint density at radius 2 is 1.31 bits per heavy atom. The zero-order valence-corrected chi connectivity index (χ0v) is 22.5. The first kappa shape index (κ1) is 22.9. The molecule has 0 unspecified atom stereocenters. The fourth-order valence-corrected chi connectivity index (χ4v) is 6.08. The van der Waals surface area contributed by atoms with Gasteiger partial charge < -0.3 is 18.3 Å². The molecule has 0 aliphatic carbocycles. The molecule has 0 bridgehead atoms. The number of aromatic nitrogens is 1. The first-order valence-corrected chi connectivity index (χ1v) is 13.5. The fraction of sp³-hybridized carbons (Fsp3) is 0.176. The number of nitrogens with zero attached hydrogens (tertiary/aromatic N) is 1. The number of hydrogen-bond acceptors (Lipinski definition) is 3. The van der Waals surface area contributed by atoms with Crippen LogP contribution in [0.25, 0.3) is 60.2 Å². The molecule has 0 amide bonds. The van der Waals surface area contributed by atoms with Gasteiger partial charge in [0.05, 0.1) is 22.2 Å². The molecule has 0 radical (unpaired) electrons. The lowest BCUT2D eigenvalue weighted by atomic mass is 9.76. The normalized spacial score (nSPS) is 16.9. The summed E-state index contributed by atoms with van der Waals surface area (Å²) in [6, 6.07) is 34.4. The third-order valence-electron chi connectivity index (χ3n) is 8.82. The molecule has 4 nitrogen and oxygen atoms in total. The highest BCUT2D eigenvalue weighted by Gasteiger charge is 2.52. The van der Waals surface area contributed by atoms with Crippen molar-refractivity contribution in [2.24, 2.45) is 0 Å². The van der Waals surface area contributed by atoms with Gasteiger partial charge >= 0.3 is 7.12 Å². The van der Waals surface area contributed by atoms with Crippen molar-refractivity contribution in [3.05, 3.63) is 97.1 Å². The molecule has 5 heteroatoms. The Balaban J connectivity index is 1.35. The second-order valence-corrected chi connectivity index (χ2v) is 11.7. The fourth-order valence-electron chi connectivity index (χ4n) is 6.08. The molecular formula is C34H28BNO3. The van der Waals surface area contributed by atoms with E-state index in [1.807, 2.05) is 12.1 Å². The summed E-state index contributed by atoms with van der Waals surface area (Å²) in [6.07, 6.45) is 0. The lowest BCUT2D eigenvalue weighted by Gasteiger charge is -2.32. The van der Waals surface area contributed by atoms with E-state index in [0.717, 1.165) is 33.1 Å². The SMILES string of the molecule is CC1(C)OB(c2cccc3oc4cc(-n5c6ccccc6c6cc7ccccc7cc65)ccc4c23)OC1(C)C. The number of para-hydroxylation sites is 1. The maximum atomic E-state index is 6.47. The van der Waals surface area contributed by atoms with Crippen LogP contribution >= 0.6 is 0 Å². The van der Waals surface area contributed by atoms with Gasteiger partial charge in [0.2, 0.25) is 0 Å². The average molecular weight is 509 g/mol. The van der Waals surface area contributed by atoms with Gasteiger partial charge in [0.25, 0.3) is 0 Å². The van der Waals surface area contributed by atoms with Crippen LogP contribution in [0, 0.1) is 0 Å². The van der Waals surface area contributed by atoms with E-state index in [1.54, 1.807) is 0 Å². The summed E-state index contributed by atoms with van der Waals surface area (Å²) in [5.74, 6) is 0. The second-order valence-electron chi connectivity index (χ2n) is 11.7. The molecule has 0 atom stereocenters. The highest BCUT2D eigenvalue weighted by molar-refractivity contribution is 6.66. The van der Waals surface area contributed by atoms with Crippen LogP contribution in [0.15, 0.2) is 101 Å². The largest absolute Gasteiger partial charge is 0.495 e. The molecule has 0 saturated carbocycles. The maximum absolute atomic E-state index is 6.47. The first-order valence-electron chi connectivity index (χ1n) is 13.5. The van der Waals surface area contributed by atoms with Gasteiger partial charge in [0, 0.05) is 33.3 Å². The molecule has 1 aliphatic heterocycles. The van der Waals surface area contributed by atoms with Gasteiger partial charge in [-0.3, -0.25) is 0 Å². The van der Waals surface area contributed by atoms with Crippen molar-refractivity contribution >= 4 is 67.1 Å². The summed E-state index contributed by atoms with van der Waals surface area (Å²) in [5, 5.41) is 7.07. The molecule has 2 aromatic heterocycles. The average Bonchev–Trinajstić information content (AvgIpc) is 3.52. The van der Waals surface area contributed by atoms with E-state index < -0.39 is 18.3 Å². The van der Waals surface area contributed by atoms with Gasteiger partial charge in [-0.25, -0.2) is 0 Å². The van der Waals surface area contributed by atoms with Crippen molar-refractivity contribution < 1.29 is 13.7 Å². The monoisotopic (exact) mass is 509 g/mol. The van der Waals surface area contributed by atoms with Gasteiger partial charge in [0.1, 0.15) is 11.2 Å². The molecule has 190 valence electrons. The number of furan rings is 1. The zero-order valence-electron chi connectivity index (χ0n) is 22.5.